The van der Waals surface area contributed by atoms with E-state index >= 15 is 0 Å². The zero-order valence-corrected chi connectivity index (χ0v) is 17.9. The SMILES string of the molecule is CCc1cccc(CC)c1NC(=O)COC(=O)[C@H](C)N1C(=O)[C@H]2CCCC[C@@H]2C1=O. The Kier molecular flexibility index (Phi) is 6.90. The van der Waals surface area contributed by atoms with Crippen LogP contribution in [0.5, 0.6) is 0 Å². The van der Waals surface area contributed by atoms with Gasteiger partial charge in [-0.05, 0) is 43.7 Å². The summed E-state index contributed by atoms with van der Waals surface area (Å²) in [4.78, 5) is 51.2. The Bertz CT molecular complexity index is 804. The molecule has 1 saturated heterocycles. The van der Waals surface area contributed by atoms with Crippen LogP contribution in [0, 0.1) is 11.8 Å². The standard InChI is InChI=1S/C23H30N2O5/c1-4-15-9-8-10-16(5-2)20(15)24-19(26)13-30-23(29)14(3)25-21(27)17-11-6-7-12-18(17)22(25)28/h8-10,14,17-18H,4-7,11-13H2,1-3H3,(H,24,26)/t14-,17-,18-/m0/s1. The summed E-state index contributed by atoms with van der Waals surface area (Å²) in [5, 5.41) is 2.84. The second kappa shape index (κ2) is 9.41. The second-order valence-electron chi connectivity index (χ2n) is 8.03. The molecule has 3 rings (SSSR count). The number of amides is 3. The van der Waals surface area contributed by atoms with E-state index in [1.807, 2.05) is 32.0 Å². The highest BCUT2D eigenvalue weighted by atomic mass is 16.5. The van der Waals surface area contributed by atoms with Gasteiger partial charge in [-0.1, -0.05) is 44.9 Å². The molecule has 1 N–H and O–H groups in total. The summed E-state index contributed by atoms with van der Waals surface area (Å²) in [7, 11) is 0. The van der Waals surface area contributed by atoms with Crippen LogP contribution in [0.25, 0.3) is 0 Å². The van der Waals surface area contributed by atoms with Crippen molar-refractivity contribution in [3.8, 4) is 0 Å². The van der Waals surface area contributed by atoms with Gasteiger partial charge < -0.3 is 10.1 Å². The molecule has 1 aromatic rings. The highest BCUT2D eigenvalue weighted by Crippen LogP contribution is 2.38. The number of hydrogen-bond donors (Lipinski definition) is 1. The smallest absolute Gasteiger partial charge is 0.329 e. The summed E-state index contributed by atoms with van der Waals surface area (Å²) in [6, 6.07) is 4.83. The van der Waals surface area contributed by atoms with Gasteiger partial charge in [-0.15, -0.1) is 0 Å². The monoisotopic (exact) mass is 414 g/mol. The van der Waals surface area contributed by atoms with Gasteiger partial charge in [0.15, 0.2) is 6.61 Å². The Labute approximate surface area is 177 Å². The maximum atomic E-state index is 12.6. The third kappa shape index (κ3) is 4.25. The van der Waals surface area contributed by atoms with Crippen molar-refractivity contribution in [2.24, 2.45) is 11.8 Å². The molecule has 3 atom stereocenters. The Morgan fingerprint density at radius 1 is 1.07 bits per heavy atom. The van der Waals surface area contributed by atoms with Gasteiger partial charge in [-0.25, -0.2) is 4.79 Å². The number of anilines is 1. The maximum absolute atomic E-state index is 12.6. The van der Waals surface area contributed by atoms with E-state index in [9.17, 15) is 19.2 Å². The molecule has 30 heavy (non-hydrogen) atoms. The molecular weight excluding hydrogens is 384 g/mol. The van der Waals surface area contributed by atoms with Crippen LogP contribution in [0.2, 0.25) is 0 Å². The number of likely N-dealkylation sites (tertiary alicyclic amines) is 1. The summed E-state index contributed by atoms with van der Waals surface area (Å²) in [5.41, 5.74) is 2.78. The Hall–Kier alpha value is -2.70. The largest absolute Gasteiger partial charge is 0.454 e. The number of aryl methyl sites for hydroxylation is 2. The molecule has 0 spiro atoms. The number of imide groups is 1. The zero-order chi connectivity index (χ0) is 21.8. The second-order valence-corrected chi connectivity index (χ2v) is 8.03. The predicted octanol–water partition coefficient (Wildman–Crippen LogP) is 2.86. The van der Waals surface area contributed by atoms with E-state index in [0.29, 0.717) is 12.8 Å². The minimum atomic E-state index is -1.03. The van der Waals surface area contributed by atoms with Crippen LogP contribution in [-0.2, 0) is 36.8 Å². The number of carbonyl (C=O) groups excluding carboxylic acids is 4. The lowest BCUT2D eigenvalue weighted by Gasteiger charge is -2.21. The summed E-state index contributed by atoms with van der Waals surface area (Å²) in [5.74, 6) is -2.40. The van der Waals surface area contributed by atoms with Crippen molar-refractivity contribution in [1.29, 1.82) is 0 Å². The predicted molar refractivity (Wildman–Crippen MR) is 112 cm³/mol. The van der Waals surface area contributed by atoms with E-state index in [4.69, 9.17) is 4.74 Å². The fourth-order valence-electron chi connectivity index (χ4n) is 4.51. The summed E-state index contributed by atoms with van der Waals surface area (Å²) in [6.07, 6.45) is 4.75. The lowest BCUT2D eigenvalue weighted by Crippen LogP contribution is -2.45. The fourth-order valence-corrected chi connectivity index (χ4v) is 4.51. The number of nitrogens with one attached hydrogen (secondary N) is 1. The molecule has 3 amide bonds. The third-order valence-corrected chi connectivity index (χ3v) is 6.21. The number of fused-ring (bicyclic) bond motifs is 1. The van der Waals surface area contributed by atoms with Crippen molar-refractivity contribution in [2.45, 2.75) is 65.3 Å². The molecule has 7 nitrogen and oxygen atoms in total. The van der Waals surface area contributed by atoms with Crippen LogP contribution >= 0.6 is 0 Å². The van der Waals surface area contributed by atoms with Crippen molar-refractivity contribution in [1.82, 2.24) is 4.90 Å². The minimum absolute atomic E-state index is 0.289. The average Bonchev–Trinajstić information content (AvgIpc) is 3.02. The number of esters is 1. The molecule has 1 saturated carbocycles. The van der Waals surface area contributed by atoms with E-state index in [2.05, 4.69) is 5.32 Å². The van der Waals surface area contributed by atoms with Gasteiger partial charge in [0, 0.05) is 5.69 Å². The molecule has 2 aliphatic rings. The minimum Gasteiger partial charge on any atom is -0.454 e. The number of ether oxygens (including phenoxy) is 1. The van der Waals surface area contributed by atoms with Crippen molar-refractivity contribution < 1.29 is 23.9 Å². The van der Waals surface area contributed by atoms with Crippen molar-refractivity contribution in [2.75, 3.05) is 11.9 Å². The molecular formula is C23H30N2O5. The molecule has 0 radical (unpaired) electrons. The number of benzene rings is 1. The summed E-state index contributed by atoms with van der Waals surface area (Å²) >= 11 is 0. The number of nitrogens with zero attached hydrogens (tertiary/aromatic N) is 1. The molecule has 0 bridgehead atoms. The first-order chi connectivity index (χ1) is 14.4. The molecule has 1 aromatic carbocycles. The number of rotatable bonds is 7. The van der Waals surface area contributed by atoms with E-state index in [1.165, 1.54) is 6.92 Å². The fraction of sp³-hybridized carbons (Fsp3) is 0.565. The topological polar surface area (TPSA) is 92.8 Å². The van der Waals surface area contributed by atoms with E-state index in [0.717, 1.165) is 47.4 Å². The van der Waals surface area contributed by atoms with Crippen LogP contribution in [0.1, 0.15) is 57.6 Å². The molecule has 1 heterocycles. The molecule has 1 aliphatic carbocycles. The van der Waals surface area contributed by atoms with Gasteiger partial charge in [-0.2, -0.15) is 0 Å². The van der Waals surface area contributed by atoms with Crippen molar-refractivity contribution in [3.05, 3.63) is 29.3 Å². The van der Waals surface area contributed by atoms with Crippen LogP contribution in [0.15, 0.2) is 18.2 Å². The van der Waals surface area contributed by atoms with Crippen molar-refractivity contribution in [3.63, 3.8) is 0 Å². The average molecular weight is 415 g/mol. The van der Waals surface area contributed by atoms with E-state index < -0.39 is 24.5 Å². The van der Waals surface area contributed by atoms with Gasteiger partial charge in [0.2, 0.25) is 11.8 Å². The summed E-state index contributed by atoms with van der Waals surface area (Å²) < 4.78 is 5.15. The first kappa shape index (κ1) is 22.0. The molecule has 7 heteroatoms. The number of hydrogen-bond acceptors (Lipinski definition) is 5. The van der Waals surface area contributed by atoms with Crippen LogP contribution in [0.4, 0.5) is 5.69 Å². The zero-order valence-electron chi connectivity index (χ0n) is 17.9. The van der Waals surface area contributed by atoms with Gasteiger partial charge in [0.05, 0.1) is 11.8 Å². The Morgan fingerprint density at radius 3 is 2.10 bits per heavy atom. The van der Waals surface area contributed by atoms with Crippen LogP contribution < -0.4 is 5.32 Å². The molecule has 0 aromatic heterocycles. The molecule has 2 fully saturated rings. The number of para-hydroxylation sites is 1. The quantitative estimate of drug-likeness (QED) is 0.547. The maximum Gasteiger partial charge on any atom is 0.329 e. The van der Waals surface area contributed by atoms with Gasteiger partial charge in [0.1, 0.15) is 6.04 Å². The van der Waals surface area contributed by atoms with E-state index in [-0.39, 0.29) is 23.7 Å². The third-order valence-electron chi connectivity index (χ3n) is 6.21. The van der Waals surface area contributed by atoms with Crippen LogP contribution in [-0.4, -0.2) is 41.2 Å². The van der Waals surface area contributed by atoms with E-state index in [1.54, 1.807) is 0 Å². The Morgan fingerprint density at radius 2 is 1.60 bits per heavy atom. The van der Waals surface area contributed by atoms with Gasteiger partial charge >= 0.3 is 5.97 Å². The lowest BCUT2D eigenvalue weighted by atomic mass is 9.81. The summed E-state index contributed by atoms with van der Waals surface area (Å²) in [6.45, 7) is 5.03. The molecule has 1 aliphatic heterocycles. The first-order valence-corrected chi connectivity index (χ1v) is 10.8. The van der Waals surface area contributed by atoms with Gasteiger partial charge in [-0.3, -0.25) is 19.3 Å². The van der Waals surface area contributed by atoms with Crippen molar-refractivity contribution >= 4 is 29.4 Å². The molecule has 162 valence electrons. The first-order valence-electron chi connectivity index (χ1n) is 10.8. The van der Waals surface area contributed by atoms with Crippen LogP contribution in [0.3, 0.4) is 0 Å². The Balaban J connectivity index is 1.60. The number of carbonyl (C=O) groups is 4. The molecule has 0 unspecified atom stereocenters. The normalized spacial score (nSPS) is 21.9. The highest BCUT2D eigenvalue weighted by Gasteiger charge is 2.51. The lowest BCUT2D eigenvalue weighted by molar-refractivity contribution is -0.159. The van der Waals surface area contributed by atoms with Gasteiger partial charge in [0.25, 0.3) is 5.91 Å². The highest BCUT2D eigenvalue weighted by molar-refractivity contribution is 6.08.